The molecular formula is C11H12O3. The van der Waals surface area contributed by atoms with Gasteiger partial charge in [-0.2, -0.15) is 0 Å². The standard InChI is InChI=1S/C11H12O3/c1-7-5-9(3-4-10(7)13)11(14)6-8(2)12/h3-5,13H,6H2,1-2H3. The number of hydrogen-bond donors (Lipinski definition) is 1. The van der Waals surface area contributed by atoms with E-state index in [9.17, 15) is 14.7 Å². The summed E-state index contributed by atoms with van der Waals surface area (Å²) in [4.78, 5) is 22.1. The lowest BCUT2D eigenvalue weighted by atomic mass is 10.0. The summed E-state index contributed by atoms with van der Waals surface area (Å²) in [6, 6.07) is 4.57. The van der Waals surface area contributed by atoms with Gasteiger partial charge in [0.05, 0.1) is 6.42 Å². The molecule has 0 atom stereocenters. The molecular weight excluding hydrogens is 180 g/mol. The minimum atomic E-state index is -0.208. The van der Waals surface area contributed by atoms with Gasteiger partial charge in [0, 0.05) is 5.56 Å². The van der Waals surface area contributed by atoms with Gasteiger partial charge in [0.15, 0.2) is 5.78 Å². The maximum atomic E-state index is 11.4. The van der Waals surface area contributed by atoms with Crippen molar-refractivity contribution >= 4 is 11.6 Å². The molecule has 0 spiro atoms. The number of ketones is 2. The summed E-state index contributed by atoms with van der Waals surface area (Å²) in [6.07, 6.45) is -0.0792. The summed E-state index contributed by atoms with van der Waals surface area (Å²) < 4.78 is 0. The van der Waals surface area contributed by atoms with Crippen LogP contribution in [0.15, 0.2) is 18.2 Å². The Morgan fingerprint density at radius 1 is 1.36 bits per heavy atom. The van der Waals surface area contributed by atoms with Gasteiger partial charge < -0.3 is 5.11 Å². The van der Waals surface area contributed by atoms with Crippen LogP contribution in [0.4, 0.5) is 0 Å². The number of aromatic hydroxyl groups is 1. The Morgan fingerprint density at radius 3 is 2.50 bits per heavy atom. The summed E-state index contributed by atoms with van der Waals surface area (Å²) in [5.74, 6) is -0.203. The van der Waals surface area contributed by atoms with E-state index in [4.69, 9.17) is 0 Å². The molecule has 0 aromatic heterocycles. The van der Waals surface area contributed by atoms with E-state index in [1.54, 1.807) is 13.0 Å². The van der Waals surface area contributed by atoms with Crippen molar-refractivity contribution in [3.05, 3.63) is 29.3 Å². The minimum Gasteiger partial charge on any atom is -0.508 e. The van der Waals surface area contributed by atoms with Crippen LogP contribution in [0, 0.1) is 6.92 Å². The fourth-order valence-electron chi connectivity index (χ4n) is 1.16. The molecule has 0 unspecified atom stereocenters. The van der Waals surface area contributed by atoms with Crippen molar-refractivity contribution in [3.8, 4) is 5.75 Å². The highest BCUT2D eigenvalue weighted by molar-refractivity contribution is 6.07. The second-order valence-corrected chi connectivity index (χ2v) is 3.30. The van der Waals surface area contributed by atoms with Crippen LogP contribution in [0.25, 0.3) is 0 Å². The lowest BCUT2D eigenvalue weighted by Gasteiger charge is -2.02. The first-order valence-corrected chi connectivity index (χ1v) is 4.33. The van der Waals surface area contributed by atoms with Gasteiger partial charge in [0.1, 0.15) is 11.5 Å². The number of Topliss-reactive ketones (excluding diaryl/α,β-unsaturated/α-hetero) is 2. The molecule has 14 heavy (non-hydrogen) atoms. The van der Waals surface area contributed by atoms with Gasteiger partial charge in [0.2, 0.25) is 0 Å². The predicted molar refractivity (Wildman–Crippen MR) is 52.5 cm³/mol. The van der Waals surface area contributed by atoms with Crippen LogP contribution in [0.2, 0.25) is 0 Å². The van der Waals surface area contributed by atoms with E-state index in [1.165, 1.54) is 19.1 Å². The Balaban J connectivity index is 2.91. The van der Waals surface area contributed by atoms with Crippen molar-refractivity contribution in [1.29, 1.82) is 0 Å². The van der Waals surface area contributed by atoms with Gasteiger partial charge in [-0.25, -0.2) is 0 Å². The molecule has 0 aliphatic heterocycles. The van der Waals surface area contributed by atoms with Crippen molar-refractivity contribution in [1.82, 2.24) is 0 Å². The number of rotatable bonds is 3. The molecule has 1 rings (SSSR count). The van der Waals surface area contributed by atoms with Crippen molar-refractivity contribution < 1.29 is 14.7 Å². The molecule has 1 N–H and O–H groups in total. The largest absolute Gasteiger partial charge is 0.508 e. The fraction of sp³-hybridized carbons (Fsp3) is 0.273. The summed E-state index contributed by atoms with van der Waals surface area (Å²) in [6.45, 7) is 3.09. The number of phenols is 1. The zero-order valence-corrected chi connectivity index (χ0v) is 8.20. The monoisotopic (exact) mass is 192 g/mol. The number of benzene rings is 1. The maximum absolute atomic E-state index is 11.4. The van der Waals surface area contributed by atoms with Crippen LogP contribution in [-0.2, 0) is 4.79 Å². The van der Waals surface area contributed by atoms with Crippen molar-refractivity contribution in [2.45, 2.75) is 20.3 Å². The zero-order chi connectivity index (χ0) is 10.7. The van der Waals surface area contributed by atoms with Gasteiger partial charge in [0.25, 0.3) is 0 Å². The average molecular weight is 192 g/mol. The third-order valence-electron chi connectivity index (χ3n) is 1.93. The first kappa shape index (κ1) is 10.4. The first-order valence-electron chi connectivity index (χ1n) is 4.33. The highest BCUT2D eigenvalue weighted by Gasteiger charge is 2.09. The molecule has 3 heteroatoms. The summed E-state index contributed by atoms with van der Waals surface area (Å²) >= 11 is 0. The van der Waals surface area contributed by atoms with Crippen LogP contribution in [0.5, 0.6) is 5.75 Å². The van der Waals surface area contributed by atoms with E-state index in [0.717, 1.165) is 0 Å². The molecule has 0 amide bonds. The fourth-order valence-corrected chi connectivity index (χ4v) is 1.16. The highest BCUT2D eigenvalue weighted by Crippen LogP contribution is 2.17. The van der Waals surface area contributed by atoms with E-state index in [-0.39, 0.29) is 23.7 Å². The average Bonchev–Trinajstić information content (AvgIpc) is 2.08. The van der Waals surface area contributed by atoms with Crippen LogP contribution in [0.1, 0.15) is 29.3 Å². The van der Waals surface area contributed by atoms with Gasteiger partial charge in [-0.15, -0.1) is 0 Å². The van der Waals surface area contributed by atoms with Gasteiger partial charge in [-0.05, 0) is 37.6 Å². The number of hydrogen-bond acceptors (Lipinski definition) is 3. The Hall–Kier alpha value is -1.64. The molecule has 0 bridgehead atoms. The van der Waals surface area contributed by atoms with Gasteiger partial charge in [-0.1, -0.05) is 0 Å². The maximum Gasteiger partial charge on any atom is 0.170 e. The van der Waals surface area contributed by atoms with E-state index < -0.39 is 0 Å². The normalized spacial score (nSPS) is 9.86. The summed E-state index contributed by atoms with van der Waals surface area (Å²) in [5.41, 5.74) is 1.11. The van der Waals surface area contributed by atoms with Crippen LogP contribution in [0.3, 0.4) is 0 Å². The highest BCUT2D eigenvalue weighted by atomic mass is 16.3. The molecule has 3 nitrogen and oxygen atoms in total. The summed E-state index contributed by atoms with van der Waals surface area (Å²) in [7, 11) is 0. The molecule has 0 aliphatic carbocycles. The lowest BCUT2D eigenvalue weighted by Crippen LogP contribution is -2.04. The Labute approximate surface area is 82.4 Å². The Kier molecular flexibility index (Phi) is 3.02. The van der Waals surface area contributed by atoms with Crippen LogP contribution in [-0.4, -0.2) is 16.7 Å². The first-order chi connectivity index (χ1) is 6.50. The molecule has 1 aromatic rings. The molecule has 0 saturated heterocycles. The topological polar surface area (TPSA) is 54.4 Å². The predicted octanol–water partition coefficient (Wildman–Crippen LogP) is 1.86. The lowest BCUT2D eigenvalue weighted by molar-refractivity contribution is -0.116. The van der Waals surface area contributed by atoms with E-state index in [1.807, 2.05) is 0 Å². The Bertz CT molecular complexity index is 380. The molecule has 74 valence electrons. The molecule has 1 aromatic carbocycles. The second kappa shape index (κ2) is 4.05. The molecule has 0 aliphatic rings. The van der Waals surface area contributed by atoms with Crippen molar-refractivity contribution in [2.75, 3.05) is 0 Å². The molecule has 0 fully saturated rings. The number of aryl methyl sites for hydroxylation is 1. The van der Waals surface area contributed by atoms with E-state index in [2.05, 4.69) is 0 Å². The van der Waals surface area contributed by atoms with E-state index >= 15 is 0 Å². The minimum absolute atomic E-state index is 0.0792. The van der Waals surface area contributed by atoms with E-state index in [0.29, 0.717) is 11.1 Å². The zero-order valence-electron chi connectivity index (χ0n) is 8.20. The van der Waals surface area contributed by atoms with Gasteiger partial charge in [-0.3, -0.25) is 9.59 Å². The van der Waals surface area contributed by atoms with Crippen molar-refractivity contribution in [3.63, 3.8) is 0 Å². The van der Waals surface area contributed by atoms with Gasteiger partial charge >= 0.3 is 0 Å². The molecule has 0 heterocycles. The molecule has 0 radical (unpaired) electrons. The number of phenolic OH excluding ortho intramolecular Hbond substituents is 1. The van der Waals surface area contributed by atoms with Crippen LogP contribution >= 0.6 is 0 Å². The summed E-state index contributed by atoms with van der Waals surface area (Å²) in [5, 5.41) is 9.23. The molecule has 0 saturated carbocycles. The third kappa shape index (κ3) is 2.42. The quantitative estimate of drug-likeness (QED) is 0.587. The number of carbonyl (C=O) groups is 2. The second-order valence-electron chi connectivity index (χ2n) is 3.30. The van der Waals surface area contributed by atoms with Crippen LogP contribution < -0.4 is 0 Å². The smallest absolute Gasteiger partial charge is 0.170 e. The Morgan fingerprint density at radius 2 is 2.00 bits per heavy atom. The number of carbonyl (C=O) groups excluding carboxylic acids is 2. The van der Waals surface area contributed by atoms with Crippen molar-refractivity contribution in [2.24, 2.45) is 0 Å². The SMILES string of the molecule is CC(=O)CC(=O)c1ccc(O)c(C)c1. The third-order valence-corrected chi connectivity index (χ3v) is 1.93.